The van der Waals surface area contributed by atoms with Gasteiger partial charge in [-0.1, -0.05) is 157 Å². The van der Waals surface area contributed by atoms with Crippen LogP contribution in [0.2, 0.25) is 0 Å². The van der Waals surface area contributed by atoms with Crippen molar-refractivity contribution < 1.29 is 112 Å². The number of benzene rings is 5. The van der Waals surface area contributed by atoms with Crippen LogP contribution in [0.25, 0.3) is 22.0 Å². The van der Waals surface area contributed by atoms with Crippen molar-refractivity contribution in [1.82, 2.24) is 84.3 Å². The molecule has 0 unspecified atom stereocenters. The maximum atomic E-state index is 15.3. The predicted octanol–water partition coefficient (Wildman–Crippen LogP) is -2.39. The standard InChI is InChI=1S/C92H121N19O23S/c1-47(2)34-62-81(123)105-68(40-73(94)114)86(128)101-63(35-48(3)4)82(124)106-70(42-76(118)119)88(130)108-71(44-112)90(132)109-72(91(133)97-50(7)78(95)120)45-135-46-74(115)98-64(36-52-18-12-10-13-19-52)83(125)103-65(38-54-26-30-58(113)31-27-54)84(126)107-69(41-75(116)117)87(129)104-67(39-57-43-96-60-23-17-16-22-59(57)60)85(127)99-61(32-33-93)80(122)102-66(37-53-24-28-56(29-25-53)55-20-14-11-15-21-55)89(131)110-77(49(5)6)92(134)111(9)51(8)79(121)100-62/h10-31,43,47-51,61-72,77,96,112-113H,32-42,44-46,93H2,1-9H3,(H2,94,114)(H2,95,120)(H,97,133)(H,98,115)(H,99,127)(H,100,121)(H,101,128)(H,102,122)(H,103,125)(H,104,129)(H,105,123)(H,106,124)(H,107,126)(H,108,130)(H,109,132)(H,110,131)(H,116,117)(H,118,119)/t50-,51-,61-,62+,63-,64-,65-,66-,67-,68-,69-,70-,71-,72-,77-/m0/s1. The Morgan fingerprint density at radius 1 is 0.452 bits per heavy atom. The number of aromatic nitrogens is 1. The molecule has 6 aromatic rings. The van der Waals surface area contributed by atoms with Crippen LogP contribution in [0.5, 0.6) is 5.75 Å². The summed E-state index contributed by atoms with van der Waals surface area (Å²) in [7, 11) is 1.23. The number of amides is 17. The molecule has 728 valence electrons. The highest BCUT2D eigenvalue weighted by Gasteiger charge is 2.41. The third-order valence-corrected chi connectivity index (χ3v) is 23.0. The number of para-hydroxylation sites is 1. The van der Waals surface area contributed by atoms with Gasteiger partial charge in [-0.05, 0) is 109 Å². The Bertz CT molecular complexity index is 5200. The number of primary amides is 2. The number of aromatic amines is 1. The summed E-state index contributed by atoms with van der Waals surface area (Å²) in [6, 6.07) is 10.2. The molecule has 1 saturated heterocycles. The minimum atomic E-state index is -2.14. The molecule has 1 aliphatic heterocycles. The van der Waals surface area contributed by atoms with Crippen LogP contribution in [-0.4, -0.2) is 265 Å². The zero-order valence-corrected chi connectivity index (χ0v) is 77.0. The third-order valence-electron chi connectivity index (χ3n) is 21.9. The molecule has 1 aliphatic rings. The minimum Gasteiger partial charge on any atom is -0.508 e. The molecule has 5 aromatic carbocycles. The van der Waals surface area contributed by atoms with Gasteiger partial charge in [-0.2, -0.15) is 0 Å². The van der Waals surface area contributed by atoms with Crippen LogP contribution in [-0.2, 0) is 117 Å². The van der Waals surface area contributed by atoms with Gasteiger partial charge in [0.1, 0.15) is 96.4 Å². The maximum Gasteiger partial charge on any atom is 0.305 e. The number of fused-ring (bicyclic) bond motifs is 1. The zero-order chi connectivity index (χ0) is 99.6. The average Bonchev–Trinajstić information content (AvgIpc) is 1.70. The molecule has 0 saturated carbocycles. The maximum absolute atomic E-state index is 15.3. The molecule has 7 rings (SSSR count). The molecule has 42 nitrogen and oxygen atoms in total. The number of phenols is 1. The van der Waals surface area contributed by atoms with E-state index in [9.17, 15) is 78.0 Å². The van der Waals surface area contributed by atoms with Gasteiger partial charge in [-0.25, -0.2) is 0 Å². The number of nitrogens with two attached hydrogens (primary N) is 3. The first-order valence-corrected chi connectivity index (χ1v) is 45.0. The first-order valence-electron chi connectivity index (χ1n) is 43.8. The summed E-state index contributed by atoms with van der Waals surface area (Å²) < 4.78 is 0. The molecule has 25 N–H and O–H groups in total. The first kappa shape index (κ1) is 108. The van der Waals surface area contributed by atoms with E-state index in [1.54, 1.807) is 120 Å². The second-order valence-corrected chi connectivity index (χ2v) is 35.1. The number of carbonyl (C=O) groups is 19. The van der Waals surface area contributed by atoms with E-state index in [1.807, 2.05) is 30.3 Å². The number of hydrogen-bond acceptors (Lipinski definition) is 23. The van der Waals surface area contributed by atoms with E-state index in [0.29, 0.717) is 39.4 Å². The Hall–Kier alpha value is -14.4. The first-order chi connectivity index (χ1) is 63.9. The van der Waals surface area contributed by atoms with Crippen LogP contribution >= 0.6 is 11.8 Å². The lowest BCUT2D eigenvalue weighted by Crippen LogP contribution is -2.62. The fraction of sp³-hybridized carbons (Fsp3) is 0.446. The van der Waals surface area contributed by atoms with Crippen molar-refractivity contribution >= 4 is 135 Å². The summed E-state index contributed by atoms with van der Waals surface area (Å²) in [5, 5.41) is 76.7. The second-order valence-electron chi connectivity index (χ2n) is 34.1. The number of carbonyl (C=O) groups excluding carboxylic acids is 17. The van der Waals surface area contributed by atoms with Crippen LogP contribution in [0.3, 0.4) is 0 Å². The van der Waals surface area contributed by atoms with Crippen LogP contribution in [0, 0.1) is 17.8 Å². The Morgan fingerprint density at radius 3 is 1.33 bits per heavy atom. The lowest BCUT2D eigenvalue weighted by atomic mass is 9.98. The number of aliphatic hydroxyl groups excluding tert-OH is 1. The SMILES string of the molecule is CC(C)C[C@@H]1NC(=O)[C@H](CC(N)=O)NC(=O)[C@@H](CC(C)C)NC(=O)[C@H](C)N(C)C(=O)[C@H](C(C)C)NC(=O)[C@H](Cc2ccc(-c3ccccc3)cc2)NC(=O)[C@H](CCN)NC(=O)[C@H](Cc2c[nH]c3ccccc23)NC(=O)[C@H](CC(=O)O)NC(=O)[C@H](Cc2ccc(O)cc2)NC(=O)[C@H](Cc2ccccc2)NC(=O)CSC[C@@H](C(=O)N[C@@H](C)C(N)=O)NC(=O)[C@H](CO)NC(=O)[C@H](CC(=O)O)NC1=O. The number of thioether (sulfide) groups is 1. The number of hydrogen-bond donors (Lipinski definition) is 22. The number of aromatic hydroxyl groups is 1. The highest BCUT2D eigenvalue weighted by atomic mass is 32.2. The molecule has 2 heterocycles. The topological polar surface area (TPSA) is 671 Å². The number of nitrogens with zero attached hydrogens (tertiary/aromatic N) is 1. The number of likely N-dealkylation sites (N-methyl/N-ethyl adjacent to an activating group) is 1. The minimum absolute atomic E-state index is 0.159. The van der Waals surface area contributed by atoms with Crippen molar-refractivity contribution in [2.24, 2.45) is 35.0 Å². The largest absolute Gasteiger partial charge is 0.508 e. The Balaban J connectivity index is 1.32. The lowest BCUT2D eigenvalue weighted by Gasteiger charge is -2.33. The van der Waals surface area contributed by atoms with Crippen molar-refractivity contribution in [2.45, 2.75) is 210 Å². The molecule has 17 amide bonds. The quantitative estimate of drug-likeness (QED) is 0.0269. The Labute approximate surface area is 782 Å². The van der Waals surface area contributed by atoms with Gasteiger partial charge in [0.25, 0.3) is 0 Å². The van der Waals surface area contributed by atoms with E-state index in [2.05, 4.69) is 79.4 Å². The molecule has 1 fully saturated rings. The number of phenolic OH excluding ortho intramolecular Hbond substituents is 1. The van der Waals surface area contributed by atoms with E-state index in [4.69, 9.17) is 17.2 Å². The average molecular weight is 1890 g/mol. The van der Waals surface area contributed by atoms with E-state index in [1.165, 1.54) is 51.4 Å². The number of H-pyrrole nitrogens is 1. The smallest absolute Gasteiger partial charge is 0.305 e. The van der Waals surface area contributed by atoms with E-state index < -0.39 is 271 Å². The third kappa shape index (κ3) is 34.0. The summed E-state index contributed by atoms with van der Waals surface area (Å²) in [5.74, 6) is -25.7. The number of aliphatic hydroxyl groups is 1. The Morgan fingerprint density at radius 2 is 0.844 bits per heavy atom. The normalized spacial score (nSPS) is 23.3. The summed E-state index contributed by atoms with van der Waals surface area (Å²) in [6.07, 6.45) is -4.03. The van der Waals surface area contributed by atoms with Crippen LogP contribution in [0.15, 0.2) is 140 Å². The molecule has 135 heavy (non-hydrogen) atoms. The fourth-order valence-electron chi connectivity index (χ4n) is 14.4. The Kier molecular flexibility index (Phi) is 41.6. The monoisotopic (exact) mass is 1890 g/mol. The molecule has 0 aliphatic carbocycles. The van der Waals surface area contributed by atoms with Crippen LogP contribution in [0.1, 0.15) is 116 Å². The van der Waals surface area contributed by atoms with Crippen molar-refractivity contribution in [2.75, 3.05) is 31.7 Å². The summed E-state index contributed by atoms with van der Waals surface area (Å²) in [4.78, 5) is 275. The zero-order valence-electron chi connectivity index (χ0n) is 76.2. The molecule has 43 heteroatoms. The van der Waals surface area contributed by atoms with Crippen molar-refractivity contribution in [3.63, 3.8) is 0 Å². The number of rotatable bonds is 26. The van der Waals surface area contributed by atoms with Crippen molar-refractivity contribution in [1.29, 1.82) is 0 Å². The van der Waals surface area contributed by atoms with Crippen LogP contribution < -0.4 is 91.6 Å². The highest BCUT2D eigenvalue weighted by Crippen LogP contribution is 2.24. The molecule has 0 spiro atoms. The second kappa shape index (κ2) is 52.2. The molecule has 15 atom stereocenters. The lowest BCUT2D eigenvalue weighted by molar-refractivity contribution is -0.143. The molecular formula is C92H121N19O23S. The van der Waals surface area contributed by atoms with E-state index in [-0.39, 0.29) is 50.0 Å². The fourth-order valence-corrected chi connectivity index (χ4v) is 15.3. The van der Waals surface area contributed by atoms with Gasteiger partial charge in [-0.15, -0.1) is 11.8 Å². The number of carboxylic acids is 2. The number of nitrogens with one attached hydrogen (secondary N) is 15. The van der Waals surface area contributed by atoms with E-state index >= 15 is 33.6 Å². The number of carboxylic acid groups (broad SMARTS) is 2. The van der Waals surface area contributed by atoms with Gasteiger partial charge in [0.05, 0.1) is 31.6 Å². The van der Waals surface area contributed by atoms with Gasteiger partial charge in [0.15, 0.2) is 0 Å². The van der Waals surface area contributed by atoms with Gasteiger partial charge in [0, 0.05) is 55.6 Å². The predicted molar refractivity (Wildman–Crippen MR) is 494 cm³/mol. The summed E-state index contributed by atoms with van der Waals surface area (Å²) in [6.45, 7) is 10.6. The number of aliphatic carboxylic acids is 2. The van der Waals surface area contributed by atoms with Gasteiger partial charge < -0.3 is 122 Å². The molecule has 1 aromatic heterocycles. The van der Waals surface area contributed by atoms with Crippen molar-refractivity contribution in [3.8, 4) is 16.9 Å². The highest BCUT2D eigenvalue weighted by molar-refractivity contribution is 8.00. The van der Waals surface area contributed by atoms with Gasteiger partial charge in [-0.3, -0.25) is 91.1 Å². The summed E-state index contributed by atoms with van der Waals surface area (Å²) in [5.41, 5.74) is 21.0. The summed E-state index contributed by atoms with van der Waals surface area (Å²) >= 11 is 0.636. The molecule has 0 radical (unpaired) electrons. The van der Waals surface area contributed by atoms with E-state index in [0.717, 1.165) is 16.0 Å². The van der Waals surface area contributed by atoms with Gasteiger partial charge >= 0.3 is 11.9 Å². The van der Waals surface area contributed by atoms with Crippen molar-refractivity contribution in [3.05, 3.63) is 162 Å². The molecular weight excluding hydrogens is 1770 g/mol. The van der Waals surface area contributed by atoms with Gasteiger partial charge in [0.2, 0.25) is 100 Å². The molecule has 0 bridgehead atoms. The van der Waals surface area contributed by atoms with Crippen LogP contribution in [0.4, 0.5) is 0 Å².